The molecule has 2 atom stereocenters. The van der Waals surface area contributed by atoms with Crippen LogP contribution >= 0.6 is 8.20 Å². The lowest BCUT2D eigenvalue weighted by atomic mass is 10.0. The molecule has 2 unspecified atom stereocenters. The molecule has 0 amide bonds. The van der Waals surface area contributed by atoms with Crippen molar-refractivity contribution in [1.29, 1.82) is 0 Å². The van der Waals surface area contributed by atoms with Crippen LogP contribution < -0.4 is 4.74 Å². The number of hydrogen-bond donors (Lipinski definition) is 2. The van der Waals surface area contributed by atoms with Crippen LogP contribution in [0.4, 0.5) is 0 Å². The zero-order valence-electron chi connectivity index (χ0n) is 11.8. The van der Waals surface area contributed by atoms with E-state index in [0.29, 0.717) is 27.0 Å². The van der Waals surface area contributed by atoms with Crippen LogP contribution in [-0.4, -0.2) is 36.5 Å². The molecular formula is C15H21O4P. The summed E-state index contributed by atoms with van der Waals surface area (Å²) in [5, 5.41) is 19.4. The first kappa shape index (κ1) is 16.9. The zero-order valence-corrected chi connectivity index (χ0v) is 12.7. The van der Waals surface area contributed by atoms with Gasteiger partial charge in [0.2, 0.25) is 0 Å². The number of aliphatic hydroxyl groups is 2. The minimum atomic E-state index is -0.891. The smallest absolute Gasteiger partial charge is 0.174 e. The molecule has 0 aliphatic rings. The topological polar surface area (TPSA) is 58.9 Å². The summed E-state index contributed by atoms with van der Waals surface area (Å²) in [5.74, 6) is 0.0510. The van der Waals surface area contributed by atoms with Gasteiger partial charge in [0, 0.05) is 6.61 Å². The molecule has 0 spiro atoms. The third-order valence-corrected chi connectivity index (χ3v) is 3.40. The van der Waals surface area contributed by atoms with Gasteiger partial charge in [0.15, 0.2) is 6.29 Å². The number of ether oxygens (including phenoxy) is 2. The molecule has 0 fully saturated rings. The van der Waals surface area contributed by atoms with E-state index < -0.39 is 12.1 Å². The van der Waals surface area contributed by atoms with Gasteiger partial charge >= 0.3 is 0 Å². The molecule has 1 aromatic rings. The fraction of sp³-hybridized carbons (Fsp3) is 0.400. The van der Waals surface area contributed by atoms with E-state index in [1.165, 1.54) is 0 Å². The molecule has 0 aliphatic heterocycles. The second kappa shape index (κ2) is 8.88. The first-order valence-electron chi connectivity index (χ1n) is 6.39. The van der Waals surface area contributed by atoms with Gasteiger partial charge in [0.05, 0.1) is 7.11 Å². The number of rotatable bonds is 8. The van der Waals surface area contributed by atoms with E-state index in [1.807, 2.05) is 31.2 Å². The molecule has 0 aliphatic carbocycles. The van der Waals surface area contributed by atoms with Gasteiger partial charge < -0.3 is 19.7 Å². The second-order valence-corrected chi connectivity index (χ2v) is 4.95. The lowest BCUT2D eigenvalue weighted by molar-refractivity contribution is -0.0588. The van der Waals surface area contributed by atoms with Crippen molar-refractivity contribution in [3.63, 3.8) is 0 Å². The van der Waals surface area contributed by atoms with E-state index in [1.54, 1.807) is 13.2 Å². The number of methoxy groups -OCH3 is 1. The van der Waals surface area contributed by atoms with Crippen molar-refractivity contribution in [2.24, 2.45) is 0 Å². The SMILES string of the molecule is C=PC(O)c1cc(OC)ccc1C/C=C/C(O)OCC. The van der Waals surface area contributed by atoms with E-state index in [4.69, 9.17) is 9.47 Å². The minimum Gasteiger partial charge on any atom is -0.497 e. The number of allylic oxidation sites excluding steroid dienone is 1. The molecule has 1 rings (SSSR count). The summed E-state index contributed by atoms with van der Waals surface area (Å²) in [4.78, 5) is 0. The molecule has 0 radical (unpaired) electrons. The quantitative estimate of drug-likeness (QED) is 0.440. The summed E-state index contributed by atoms with van der Waals surface area (Å²) in [6, 6.07) is 5.56. The average molecular weight is 296 g/mol. The predicted octanol–water partition coefficient (Wildman–Crippen LogP) is 2.52. The van der Waals surface area contributed by atoms with Crippen molar-refractivity contribution in [3.05, 3.63) is 41.5 Å². The van der Waals surface area contributed by atoms with Gasteiger partial charge in [-0.3, -0.25) is 0 Å². The highest BCUT2D eigenvalue weighted by Gasteiger charge is 2.10. The molecule has 110 valence electrons. The fourth-order valence-corrected chi connectivity index (χ4v) is 2.20. The van der Waals surface area contributed by atoms with E-state index in [-0.39, 0.29) is 0 Å². The van der Waals surface area contributed by atoms with Crippen LogP contribution in [0.25, 0.3) is 0 Å². The van der Waals surface area contributed by atoms with E-state index in [2.05, 4.69) is 6.30 Å². The summed E-state index contributed by atoms with van der Waals surface area (Å²) in [6.45, 7) is 2.28. The Bertz CT molecular complexity index is 459. The lowest BCUT2D eigenvalue weighted by Crippen LogP contribution is -2.07. The Balaban J connectivity index is 2.85. The fourth-order valence-electron chi connectivity index (χ4n) is 1.76. The summed E-state index contributed by atoms with van der Waals surface area (Å²) < 4.78 is 10.2. The lowest BCUT2D eigenvalue weighted by Gasteiger charge is -2.13. The maximum absolute atomic E-state index is 9.99. The van der Waals surface area contributed by atoms with Crippen LogP contribution in [0.2, 0.25) is 0 Å². The third kappa shape index (κ3) is 5.06. The molecule has 0 bridgehead atoms. The Kier molecular flexibility index (Phi) is 7.48. The second-order valence-electron chi connectivity index (χ2n) is 4.10. The molecular weight excluding hydrogens is 275 g/mol. The normalized spacial score (nSPS) is 14.6. The number of hydrogen-bond acceptors (Lipinski definition) is 4. The van der Waals surface area contributed by atoms with Gasteiger partial charge in [-0.1, -0.05) is 26.6 Å². The first-order valence-corrected chi connectivity index (χ1v) is 7.54. The molecule has 1 aromatic carbocycles. The molecule has 4 nitrogen and oxygen atoms in total. The molecule has 0 saturated carbocycles. The summed E-state index contributed by atoms with van der Waals surface area (Å²) in [5.41, 5.74) is 1.76. The van der Waals surface area contributed by atoms with Gasteiger partial charge in [-0.15, -0.1) is 0 Å². The highest BCUT2D eigenvalue weighted by atomic mass is 31.1. The molecule has 20 heavy (non-hydrogen) atoms. The Morgan fingerprint density at radius 2 is 2.15 bits per heavy atom. The Morgan fingerprint density at radius 1 is 1.40 bits per heavy atom. The van der Waals surface area contributed by atoms with Gasteiger partial charge in [-0.05, 0) is 42.7 Å². The summed E-state index contributed by atoms with van der Waals surface area (Å²) in [7, 11) is 2.22. The van der Waals surface area contributed by atoms with E-state index >= 15 is 0 Å². The molecule has 2 N–H and O–H groups in total. The van der Waals surface area contributed by atoms with Crippen LogP contribution in [0, 0.1) is 0 Å². The number of aliphatic hydroxyl groups excluding tert-OH is 2. The molecule has 5 heteroatoms. The monoisotopic (exact) mass is 296 g/mol. The van der Waals surface area contributed by atoms with Crippen LogP contribution in [-0.2, 0) is 11.2 Å². The van der Waals surface area contributed by atoms with Crippen LogP contribution in [0.5, 0.6) is 5.75 Å². The molecule has 0 saturated heterocycles. The molecule has 0 heterocycles. The maximum atomic E-state index is 9.99. The third-order valence-electron chi connectivity index (χ3n) is 2.78. The highest BCUT2D eigenvalue weighted by Crippen LogP contribution is 2.30. The Hall–Kier alpha value is -1.19. The Morgan fingerprint density at radius 3 is 2.75 bits per heavy atom. The standard InChI is InChI=1S/C15H21O4P/c1-4-19-14(16)7-5-6-11-8-9-12(18-2)10-13(11)15(17)20-3/h5,7-10,14-17H,3-4,6H2,1-2H3/b7-5+. The first-order chi connectivity index (χ1) is 9.62. The van der Waals surface area contributed by atoms with Crippen molar-refractivity contribution in [1.82, 2.24) is 0 Å². The van der Waals surface area contributed by atoms with Crippen LogP contribution in [0.1, 0.15) is 23.9 Å². The van der Waals surface area contributed by atoms with Gasteiger partial charge in [0.25, 0.3) is 0 Å². The van der Waals surface area contributed by atoms with Crippen molar-refractivity contribution in [2.75, 3.05) is 13.7 Å². The van der Waals surface area contributed by atoms with E-state index in [9.17, 15) is 10.2 Å². The Labute approximate surface area is 121 Å². The van der Waals surface area contributed by atoms with Gasteiger partial charge in [0.1, 0.15) is 11.6 Å². The van der Waals surface area contributed by atoms with Crippen molar-refractivity contribution >= 4 is 14.5 Å². The minimum absolute atomic E-state index is 0.457. The van der Waals surface area contributed by atoms with Crippen LogP contribution in [0.3, 0.4) is 0 Å². The summed E-state index contributed by atoms with van der Waals surface area (Å²) in [6.07, 6.45) is 6.80. The van der Waals surface area contributed by atoms with E-state index in [0.717, 1.165) is 11.1 Å². The van der Waals surface area contributed by atoms with Crippen molar-refractivity contribution in [2.45, 2.75) is 25.5 Å². The van der Waals surface area contributed by atoms with Crippen LogP contribution in [0.15, 0.2) is 30.4 Å². The predicted molar refractivity (Wildman–Crippen MR) is 82.5 cm³/mol. The van der Waals surface area contributed by atoms with Crippen molar-refractivity contribution < 1.29 is 19.7 Å². The largest absolute Gasteiger partial charge is 0.497 e. The molecule has 0 aromatic heterocycles. The highest BCUT2D eigenvalue weighted by molar-refractivity contribution is 7.36. The van der Waals surface area contributed by atoms with Gasteiger partial charge in [-0.25, -0.2) is 0 Å². The number of benzene rings is 1. The average Bonchev–Trinajstić information content (AvgIpc) is 2.47. The zero-order chi connectivity index (χ0) is 15.0. The van der Waals surface area contributed by atoms with Gasteiger partial charge in [-0.2, -0.15) is 0 Å². The summed E-state index contributed by atoms with van der Waals surface area (Å²) >= 11 is 0. The maximum Gasteiger partial charge on any atom is 0.174 e. The van der Waals surface area contributed by atoms with Crippen molar-refractivity contribution in [3.8, 4) is 5.75 Å².